The van der Waals surface area contributed by atoms with Gasteiger partial charge in [0, 0.05) is 19.5 Å². The lowest BCUT2D eigenvalue weighted by molar-refractivity contribution is -0.141. The summed E-state index contributed by atoms with van der Waals surface area (Å²) in [6, 6.07) is 0. The van der Waals surface area contributed by atoms with E-state index in [0.29, 0.717) is 19.5 Å². The minimum atomic E-state index is 0.116. The number of hydrogen-bond donors (Lipinski definition) is 0. The molecule has 1 fully saturated rings. The van der Waals surface area contributed by atoms with Gasteiger partial charge in [-0.25, -0.2) is 0 Å². The van der Waals surface area contributed by atoms with E-state index in [0.717, 1.165) is 12.8 Å². The predicted octanol–water partition coefficient (Wildman–Crippen LogP) is 1.22. The van der Waals surface area contributed by atoms with Gasteiger partial charge in [0.1, 0.15) is 5.78 Å². The number of likely N-dealkylation sites (tertiary alicyclic amines) is 1. The molecule has 0 aliphatic carbocycles. The smallest absolute Gasteiger partial charge is 0.222 e. The van der Waals surface area contributed by atoms with Crippen LogP contribution in [0.3, 0.4) is 0 Å². The lowest BCUT2D eigenvalue weighted by Crippen LogP contribution is -2.52. The predicted molar refractivity (Wildman–Crippen MR) is 50.3 cm³/mol. The molecule has 0 spiro atoms. The van der Waals surface area contributed by atoms with Crippen LogP contribution in [-0.4, -0.2) is 29.7 Å². The summed E-state index contributed by atoms with van der Waals surface area (Å²) in [5.41, 5.74) is 0. The summed E-state index contributed by atoms with van der Waals surface area (Å²) in [5, 5.41) is 0. The highest BCUT2D eigenvalue weighted by atomic mass is 16.2. The van der Waals surface area contributed by atoms with E-state index in [4.69, 9.17) is 0 Å². The maximum Gasteiger partial charge on any atom is 0.222 e. The van der Waals surface area contributed by atoms with Gasteiger partial charge in [-0.1, -0.05) is 13.3 Å². The number of amides is 1. The molecule has 0 unspecified atom stereocenters. The molecular formula is C10H17NO2. The first-order chi connectivity index (χ1) is 6.15. The quantitative estimate of drug-likeness (QED) is 0.657. The van der Waals surface area contributed by atoms with Crippen molar-refractivity contribution in [3.05, 3.63) is 0 Å². The molecule has 13 heavy (non-hydrogen) atoms. The first-order valence-corrected chi connectivity index (χ1v) is 4.93. The molecule has 1 saturated heterocycles. The van der Waals surface area contributed by atoms with Crippen molar-refractivity contribution in [2.45, 2.75) is 33.1 Å². The molecule has 1 aliphatic heterocycles. The molecule has 3 nitrogen and oxygen atoms in total. The van der Waals surface area contributed by atoms with E-state index in [1.54, 1.807) is 11.8 Å². The second kappa shape index (κ2) is 4.40. The molecule has 0 aromatic heterocycles. The van der Waals surface area contributed by atoms with Crippen LogP contribution in [0.2, 0.25) is 0 Å². The van der Waals surface area contributed by atoms with Gasteiger partial charge >= 0.3 is 0 Å². The third kappa shape index (κ3) is 2.54. The van der Waals surface area contributed by atoms with Crippen molar-refractivity contribution in [2.75, 3.05) is 13.1 Å². The van der Waals surface area contributed by atoms with E-state index >= 15 is 0 Å². The molecule has 1 aliphatic rings. The van der Waals surface area contributed by atoms with Gasteiger partial charge in [-0.3, -0.25) is 9.59 Å². The molecule has 0 atom stereocenters. The maximum atomic E-state index is 11.4. The van der Waals surface area contributed by atoms with Crippen LogP contribution in [0, 0.1) is 5.92 Å². The van der Waals surface area contributed by atoms with Crippen molar-refractivity contribution in [3.8, 4) is 0 Å². The van der Waals surface area contributed by atoms with E-state index in [9.17, 15) is 9.59 Å². The Morgan fingerprint density at radius 3 is 2.46 bits per heavy atom. The Hall–Kier alpha value is -0.860. The molecule has 0 bridgehead atoms. The van der Waals surface area contributed by atoms with Crippen molar-refractivity contribution in [3.63, 3.8) is 0 Å². The second-order valence-corrected chi connectivity index (χ2v) is 3.71. The SMILES string of the molecule is CCCCC(=O)N1CC(C(C)=O)C1. The number of nitrogens with zero attached hydrogens (tertiary/aromatic N) is 1. The minimum absolute atomic E-state index is 0.116. The molecule has 0 aromatic carbocycles. The molecule has 3 heteroatoms. The highest BCUT2D eigenvalue weighted by Gasteiger charge is 2.32. The van der Waals surface area contributed by atoms with Crippen molar-refractivity contribution in [2.24, 2.45) is 5.92 Å². The lowest BCUT2D eigenvalue weighted by Gasteiger charge is -2.37. The number of rotatable bonds is 4. The van der Waals surface area contributed by atoms with Crippen LogP contribution in [0.25, 0.3) is 0 Å². The van der Waals surface area contributed by atoms with Crippen molar-refractivity contribution < 1.29 is 9.59 Å². The average molecular weight is 183 g/mol. The monoisotopic (exact) mass is 183 g/mol. The highest BCUT2D eigenvalue weighted by Crippen LogP contribution is 2.17. The van der Waals surface area contributed by atoms with Crippen LogP contribution in [-0.2, 0) is 9.59 Å². The van der Waals surface area contributed by atoms with Gasteiger partial charge in [-0.05, 0) is 13.3 Å². The normalized spacial score (nSPS) is 16.9. The van der Waals surface area contributed by atoms with Gasteiger partial charge in [-0.15, -0.1) is 0 Å². The number of ketones is 1. The van der Waals surface area contributed by atoms with E-state index in [2.05, 4.69) is 6.92 Å². The molecule has 0 radical (unpaired) electrons. The van der Waals surface area contributed by atoms with E-state index in [1.165, 1.54) is 0 Å². The van der Waals surface area contributed by atoms with Gasteiger partial charge in [-0.2, -0.15) is 0 Å². The number of carbonyl (C=O) groups excluding carboxylic acids is 2. The number of Topliss-reactive ketones (excluding diaryl/α,β-unsaturated/α-hetero) is 1. The Morgan fingerprint density at radius 1 is 1.38 bits per heavy atom. The number of carbonyl (C=O) groups is 2. The van der Waals surface area contributed by atoms with E-state index in [1.807, 2.05) is 0 Å². The fourth-order valence-corrected chi connectivity index (χ4v) is 1.43. The Balaban J connectivity index is 2.19. The van der Waals surface area contributed by atoms with Gasteiger partial charge in [0.25, 0.3) is 0 Å². The maximum absolute atomic E-state index is 11.4. The molecule has 1 heterocycles. The first-order valence-electron chi connectivity index (χ1n) is 4.93. The third-order valence-corrected chi connectivity index (χ3v) is 2.55. The summed E-state index contributed by atoms with van der Waals surface area (Å²) < 4.78 is 0. The molecule has 0 N–H and O–H groups in total. The zero-order valence-corrected chi connectivity index (χ0v) is 8.38. The van der Waals surface area contributed by atoms with Crippen LogP contribution < -0.4 is 0 Å². The van der Waals surface area contributed by atoms with E-state index in [-0.39, 0.29) is 17.6 Å². The summed E-state index contributed by atoms with van der Waals surface area (Å²) in [5.74, 6) is 0.532. The van der Waals surface area contributed by atoms with Gasteiger partial charge in [0.15, 0.2) is 0 Å². The summed E-state index contributed by atoms with van der Waals surface area (Å²) in [4.78, 5) is 24.0. The van der Waals surface area contributed by atoms with Crippen LogP contribution in [0.1, 0.15) is 33.1 Å². The average Bonchev–Trinajstić information content (AvgIpc) is 1.97. The zero-order chi connectivity index (χ0) is 9.84. The van der Waals surface area contributed by atoms with Gasteiger partial charge < -0.3 is 4.90 Å². The minimum Gasteiger partial charge on any atom is -0.341 e. The molecule has 0 saturated carbocycles. The Labute approximate surface area is 79.1 Å². The van der Waals surface area contributed by atoms with E-state index < -0.39 is 0 Å². The fraction of sp³-hybridized carbons (Fsp3) is 0.800. The topological polar surface area (TPSA) is 37.4 Å². The molecular weight excluding hydrogens is 166 g/mol. The first kappa shape index (κ1) is 10.2. The van der Waals surface area contributed by atoms with Gasteiger partial charge in [0.05, 0.1) is 5.92 Å². The van der Waals surface area contributed by atoms with Crippen LogP contribution in [0.4, 0.5) is 0 Å². The highest BCUT2D eigenvalue weighted by molar-refractivity contribution is 5.84. The Bertz CT molecular complexity index is 207. The molecule has 1 amide bonds. The number of unbranched alkanes of at least 4 members (excludes halogenated alkanes) is 1. The summed E-state index contributed by atoms with van der Waals surface area (Å²) in [6.45, 7) is 4.97. The third-order valence-electron chi connectivity index (χ3n) is 2.55. The van der Waals surface area contributed by atoms with Crippen LogP contribution in [0.15, 0.2) is 0 Å². The fourth-order valence-electron chi connectivity index (χ4n) is 1.43. The summed E-state index contributed by atoms with van der Waals surface area (Å²) in [6.07, 6.45) is 2.65. The van der Waals surface area contributed by atoms with Crippen molar-refractivity contribution in [1.82, 2.24) is 4.90 Å². The van der Waals surface area contributed by atoms with Gasteiger partial charge in [0.2, 0.25) is 5.91 Å². The van der Waals surface area contributed by atoms with Crippen molar-refractivity contribution >= 4 is 11.7 Å². The zero-order valence-electron chi connectivity index (χ0n) is 8.38. The standard InChI is InChI=1S/C10H17NO2/c1-3-4-5-10(13)11-6-9(7-11)8(2)12/h9H,3-7H2,1-2H3. The Kier molecular flexibility index (Phi) is 3.46. The molecule has 74 valence electrons. The summed E-state index contributed by atoms with van der Waals surface area (Å²) >= 11 is 0. The largest absolute Gasteiger partial charge is 0.341 e. The second-order valence-electron chi connectivity index (χ2n) is 3.71. The molecule has 0 aromatic rings. The number of hydrogen-bond acceptors (Lipinski definition) is 2. The molecule has 1 rings (SSSR count). The lowest BCUT2D eigenvalue weighted by atomic mass is 9.95. The summed E-state index contributed by atoms with van der Waals surface area (Å²) in [7, 11) is 0. The van der Waals surface area contributed by atoms with Crippen LogP contribution >= 0.6 is 0 Å². The van der Waals surface area contributed by atoms with Crippen LogP contribution in [0.5, 0.6) is 0 Å². The van der Waals surface area contributed by atoms with Crippen molar-refractivity contribution in [1.29, 1.82) is 0 Å². The Morgan fingerprint density at radius 2 is 2.00 bits per heavy atom.